The van der Waals surface area contributed by atoms with Gasteiger partial charge in [-0.3, -0.25) is 14.4 Å². The summed E-state index contributed by atoms with van der Waals surface area (Å²) in [6.07, 6.45) is 59.2. The zero-order valence-corrected chi connectivity index (χ0v) is 42.6. The molecule has 0 aliphatic rings. The summed E-state index contributed by atoms with van der Waals surface area (Å²) < 4.78 is 16.8. The zero-order chi connectivity index (χ0) is 45.8. The van der Waals surface area contributed by atoms with Crippen LogP contribution in [0.25, 0.3) is 0 Å². The second-order valence-corrected chi connectivity index (χ2v) is 19.2. The fourth-order valence-corrected chi connectivity index (χ4v) is 8.50. The van der Waals surface area contributed by atoms with Crippen molar-refractivity contribution < 1.29 is 28.6 Å². The molecular formula is C57H108O6. The van der Waals surface area contributed by atoms with Crippen molar-refractivity contribution in [1.29, 1.82) is 0 Å². The maximum Gasteiger partial charge on any atom is 0.306 e. The van der Waals surface area contributed by atoms with Crippen molar-refractivity contribution in [3.63, 3.8) is 0 Å². The molecular weight excluding hydrogens is 781 g/mol. The Kier molecular flexibility index (Phi) is 51.2. The summed E-state index contributed by atoms with van der Waals surface area (Å²) >= 11 is 0. The molecule has 63 heavy (non-hydrogen) atoms. The van der Waals surface area contributed by atoms with Crippen molar-refractivity contribution in [2.24, 2.45) is 0 Å². The van der Waals surface area contributed by atoms with Gasteiger partial charge in [0.25, 0.3) is 0 Å². The Morgan fingerprint density at radius 3 is 0.810 bits per heavy atom. The molecule has 0 aromatic carbocycles. The first-order chi connectivity index (χ1) is 31.0. The van der Waals surface area contributed by atoms with E-state index >= 15 is 0 Å². The molecule has 0 radical (unpaired) electrons. The van der Waals surface area contributed by atoms with Gasteiger partial charge in [-0.25, -0.2) is 0 Å². The highest BCUT2D eigenvalue weighted by Crippen LogP contribution is 2.17. The molecule has 0 N–H and O–H groups in total. The second-order valence-electron chi connectivity index (χ2n) is 19.2. The van der Waals surface area contributed by atoms with Gasteiger partial charge in [-0.1, -0.05) is 264 Å². The van der Waals surface area contributed by atoms with Gasteiger partial charge in [-0.2, -0.15) is 0 Å². The van der Waals surface area contributed by atoms with E-state index < -0.39 is 6.10 Å². The Morgan fingerprint density at radius 1 is 0.302 bits per heavy atom. The highest BCUT2D eigenvalue weighted by atomic mass is 16.6. The van der Waals surface area contributed by atoms with Gasteiger partial charge in [0.05, 0.1) is 0 Å². The van der Waals surface area contributed by atoms with Crippen molar-refractivity contribution in [3.05, 3.63) is 12.2 Å². The first-order valence-electron chi connectivity index (χ1n) is 28.2. The molecule has 0 spiro atoms. The third-order valence-corrected chi connectivity index (χ3v) is 12.8. The quantitative estimate of drug-likeness (QED) is 0.0262. The second kappa shape index (κ2) is 52.8. The summed E-state index contributed by atoms with van der Waals surface area (Å²) in [7, 11) is 0. The van der Waals surface area contributed by atoms with Crippen LogP contribution in [0.4, 0.5) is 0 Å². The predicted molar refractivity (Wildman–Crippen MR) is 270 cm³/mol. The van der Waals surface area contributed by atoms with E-state index in [1.807, 2.05) is 0 Å². The number of ether oxygens (including phenoxy) is 3. The minimum atomic E-state index is -0.767. The van der Waals surface area contributed by atoms with Crippen molar-refractivity contribution in [3.8, 4) is 0 Å². The topological polar surface area (TPSA) is 78.9 Å². The summed E-state index contributed by atoms with van der Waals surface area (Å²) in [4.78, 5) is 38.0. The molecule has 0 rings (SSSR count). The SMILES string of the molecule is CCCCCC/C=C\CCCCCCCC(=O)O[C@@H](COC(=O)CCCCCCCCCCCCC)COC(=O)CCCCCCCCCCCCCCCCCCCCCCC. The van der Waals surface area contributed by atoms with E-state index in [0.717, 1.165) is 64.2 Å². The molecule has 372 valence electrons. The molecule has 0 aromatic rings. The van der Waals surface area contributed by atoms with Crippen LogP contribution < -0.4 is 0 Å². The van der Waals surface area contributed by atoms with Crippen LogP contribution in [0.15, 0.2) is 12.2 Å². The Morgan fingerprint density at radius 2 is 0.524 bits per heavy atom. The van der Waals surface area contributed by atoms with Gasteiger partial charge in [-0.15, -0.1) is 0 Å². The van der Waals surface area contributed by atoms with Gasteiger partial charge in [0.1, 0.15) is 13.2 Å². The molecule has 0 aromatic heterocycles. The van der Waals surface area contributed by atoms with Crippen LogP contribution in [0, 0.1) is 0 Å². The smallest absolute Gasteiger partial charge is 0.306 e. The number of unbranched alkanes of at least 4 members (excludes halogenated alkanes) is 39. The molecule has 6 nitrogen and oxygen atoms in total. The third-order valence-electron chi connectivity index (χ3n) is 12.8. The fraction of sp³-hybridized carbons (Fsp3) is 0.912. The third kappa shape index (κ3) is 51.0. The largest absolute Gasteiger partial charge is 0.462 e. The van der Waals surface area contributed by atoms with Crippen LogP contribution in [0.5, 0.6) is 0 Å². The molecule has 0 unspecified atom stereocenters. The fourth-order valence-electron chi connectivity index (χ4n) is 8.50. The van der Waals surface area contributed by atoms with Gasteiger partial charge in [-0.05, 0) is 44.9 Å². The van der Waals surface area contributed by atoms with Crippen molar-refractivity contribution in [2.45, 2.75) is 322 Å². The molecule has 0 fully saturated rings. The Bertz CT molecular complexity index is 978. The van der Waals surface area contributed by atoms with Gasteiger partial charge in [0, 0.05) is 19.3 Å². The Hall–Kier alpha value is -1.85. The van der Waals surface area contributed by atoms with E-state index in [1.54, 1.807) is 0 Å². The number of carbonyl (C=O) groups excluding carboxylic acids is 3. The molecule has 6 heteroatoms. The van der Waals surface area contributed by atoms with Gasteiger partial charge in [0.15, 0.2) is 6.10 Å². The summed E-state index contributed by atoms with van der Waals surface area (Å²) in [5.41, 5.74) is 0. The number of rotatable bonds is 52. The molecule has 0 saturated carbocycles. The zero-order valence-electron chi connectivity index (χ0n) is 42.6. The minimum absolute atomic E-state index is 0.0678. The molecule has 0 saturated heterocycles. The summed E-state index contributed by atoms with van der Waals surface area (Å²) in [6.45, 7) is 6.66. The van der Waals surface area contributed by atoms with Crippen LogP contribution in [-0.2, 0) is 28.6 Å². The maximum absolute atomic E-state index is 12.8. The Balaban J connectivity index is 4.22. The van der Waals surface area contributed by atoms with Gasteiger partial charge in [0.2, 0.25) is 0 Å². The standard InChI is InChI=1S/C57H108O6/c1-4-7-10-13-16-19-22-24-25-26-27-28-29-30-31-33-35-38-41-44-47-50-56(59)62-53-54(52-61-55(58)49-46-43-40-37-34-21-18-15-12-9-6-3)63-57(60)51-48-45-42-39-36-32-23-20-17-14-11-8-5-2/h20,23,54H,4-19,21-22,24-53H2,1-3H3/b23-20-/t54-/m0/s1. The van der Waals surface area contributed by atoms with Gasteiger partial charge >= 0.3 is 17.9 Å². The van der Waals surface area contributed by atoms with Crippen LogP contribution in [-0.4, -0.2) is 37.2 Å². The van der Waals surface area contributed by atoms with E-state index in [0.29, 0.717) is 19.3 Å². The van der Waals surface area contributed by atoms with E-state index in [-0.39, 0.29) is 31.1 Å². The number of hydrogen-bond donors (Lipinski definition) is 0. The summed E-state index contributed by atoms with van der Waals surface area (Å²) in [5.74, 6) is -0.857. The summed E-state index contributed by atoms with van der Waals surface area (Å²) in [6, 6.07) is 0. The Labute approximate surface area is 392 Å². The molecule has 0 aliphatic carbocycles. The lowest BCUT2D eigenvalue weighted by Gasteiger charge is -2.18. The minimum Gasteiger partial charge on any atom is -0.462 e. The van der Waals surface area contributed by atoms with E-state index in [2.05, 4.69) is 32.9 Å². The normalized spacial score (nSPS) is 12.0. The number of hydrogen-bond acceptors (Lipinski definition) is 6. The van der Waals surface area contributed by atoms with Crippen LogP contribution in [0.3, 0.4) is 0 Å². The first-order valence-corrected chi connectivity index (χ1v) is 28.2. The van der Waals surface area contributed by atoms with Crippen LogP contribution in [0.2, 0.25) is 0 Å². The lowest BCUT2D eigenvalue weighted by atomic mass is 10.0. The van der Waals surface area contributed by atoms with Gasteiger partial charge < -0.3 is 14.2 Å². The molecule has 0 amide bonds. The lowest BCUT2D eigenvalue weighted by Crippen LogP contribution is -2.30. The average Bonchev–Trinajstić information content (AvgIpc) is 3.28. The average molecular weight is 889 g/mol. The summed E-state index contributed by atoms with van der Waals surface area (Å²) in [5, 5.41) is 0. The van der Waals surface area contributed by atoms with E-state index in [9.17, 15) is 14.4 Å². The van der Waals surface area contributed by atoms with Crippen molar-refractivity contribution in [1.82, 2.24) is 0 Å². The highest BCUT2D eigenvalue weighted by Gasteiger charge is 2.19. The van der Waals surface area contributed by atoms with Crippen molar-refractivity contribution in [2.75, 3.05) is 13.2 Å². The molecule has 0 heterocycles. The lowest BCUT2D eigenvalue weighted by molar-refractivity contribution is -0.167. The van der Waals surface area contributed by atoms with Crippen molar-refractivity contribution >= 4 is 17.9 Å². The first kappa shape index (κ1) is 61.1. The van der Waals surface area contributed by atoms with E-state index in [4.69, 9.17) is 14.2 Å². The van der Waals surface area contributed by atoms with Crippen LogP contribution >= 0.6 is 0 Å². The van der Waals surface area contributed by atoms with Crippen LogP contribution in [0.1, 0.15) is 316 Å². The molecule has 0 bridgehead atoms. The number of carbonyl (C=O) groups is 3. The van der Waals surface area contributed by atoms with E-state index in [1.165, 1.54) is 212 Å². The number of allylic oxidation sites excluding steroid dienone is 2. The molecule has 0 aliphatic heterocycles. The highest BCUT2D eigenvalue weighted by molar-refractivity contribution is 5.71. The predicted octanol–water partition coefficient (Wildman–Crippen LogP) is 18.5. The number of esters is 3. The molecule has 1 atom stereocenters. The maximum atomic E-state index is 12.8. The monoisotopic (exact) mass is 889 g/mol.